The van der Waals surface area contributed by atoms with Gasteiger partial charge in [0, 0.05) is 17.6 Å². The third-order valence-electron chi connectivity index (χ3n) is 4.13. The number of aromatic nitrogens is 2. The number of H-pyrrole nitrogens is 1. The number of carbonyl (C=O) groups excluding carboxylic acids is 1. The van der Waals surface area contributed by atoms with Crippen LogP contribution in [-0.2, 0) is 11.3 Å². The van der Waals surface area contributed by atoms with Gasteiger partial charge in [0.25, 0.3) is 5.56 Å². The van der Waals surface area contributed by atoms with Crippen molar-refractivity contribution < 1.29 is 9.18 Å². The highest BCUT2D eigenvalue weighted by atomic mass is 35.5. The highest BCUT2D eigenvalue weighted by Gasteiger charge is 2.13. The van der Waals surface area contributed by atoms with E-state index in [1.165, 1.54) is 18.2 Å². The standard InChI is InChI=1S/C21H19ClFN3O2/c1-2-10-26(20(27)9-6-14-4-3-5-16(23)11-14)13-19-24-18-12-15(22)7-8-17(18)21(28)25-19/h3-9,11-12H,2,10,13H2,1H3,(H,24,25,28). The molecule has 0 aliphatic heterocycles. The van der Waals surface area contributed by atoms with E-state index in [2.05, 4.69) is 9.97 Å². The van der Waals surface area contributed by atoms with E-state index >= 15 is 0 Å². The molecule has 1 heterocycles. The summed E-state index contributed by atoms with van der Waals surface area (Å²) in [5.74, 6) is -0.239. The first kappa shape index (κ1) is 19.8. The van der Waals surface area contributed by atoms with Gasteiger partial charge in [-0.3, -0.25) is 9.59 Å². The van der Waals surface area contributed by atoms with Gasteiger partial charge in [-0.05, 0) is 48.4 Å². The zero-order valence-corrected chi connectivity index (χ0v) is 16.0. The minimum absolute atomic E-state index is 0.151. The molecule has 0 bridgehead atoms. The monoisotopic (exact) mass is 399 g/mol. The van der Waals surface area contributed by atoms with Crippen LogP contribution in [0.5, 0.6) is 0 Å². The maximum Gasteiger partial charge on any atom is 0.258 e. The Labute approximate surface area is 166 Å². The number of amides is 1. The number of carbonyl (C=O) groups is 1. The van der Waals surface area contributed by atoms with E-state index in [1.54, 1.807) is 41.3 Å². The number of nitrogens with one attached hydrogen (secondary N) is 1. The molecule has 0 aliphatic rings. The van der Waals surface area contributed by atoms with Crippen molar-refractivity contribution in [3.05, 3.63) is 81.1 Å². The van der Waals surface area contributed by atoms with Gasteiger partial charge < -0.3 is 9.88 Å². The van der Waals surface area contributed by atoms with Crippen LogP contribution in [0.15, 0.2) is 53.3 Å². The van der Waals surface area contributed by atoms with E-state index in [0.717, 1.165) is 6.42 Å². The lowest BCUT2D eigenvalue weighted by Crippen LogP contribution is -2.31. The number of rotatable bonds is 6. The van der Waals surface area contributed by atoms with Crippen LogP contribution in [0.1, 0.15) is 24.7 Å². The average molecular weight is 400 g/mol. The quantitative estimate of drug-likeness (QED) is 0.633. The van der Waals surface area contributed by atoms with Crippen molar-refractivity contribution >= 4 is 34.5 Å². The molecule has 0 atom stereocenters. The summed E-state index contributed by atoms with van der Waals surface area (Å²) in [5, 5.41) is 0.920. The number of benzene rings is 2. The van der Waals surface area contributed by atoms with Crippen LogP contribution in [0.2, 0.25) is 5.02 Å². The molecule has 3 rings (SSSR count). The van der Waals surface area contributed by atoms with Crippen molar-refractivity contribution in [1.29, 1.82) is 0 Å². The fraction of sp³-hybridized carbons (Fsp3) is 0.190. The molecule has 0 saturated heterocycles. The second-order valence-corrected chi connectivity index (χ2v) is 6.76. The largest absolute Gasteiger partial charge is 0.332 e. The molecule has 0 radical (unpaired) electrons. The fourth-order valence-corrected chi connectivity index (χ4v) is 3.00. The molecule has 0 aliphatic carbocycles. The Morgan fingerprint density at radius 3 is 2.86 bits per heavy atom. The number of halogens is 2. The van der Waals surface area contributed by atoms with Gasteiger partial charge in [-0.25, -0.2) is 9.37 Å². The molecule has 0 spiro atoms. The summed E-state index contributed by atoms with van der Waals surface area (Å²) in [5.41, 5.74) is 0.790. The lowest BCUT2D eigenvalue weighted by Gasteiger charge is -2.20. The van der Waals surface area contributed by atoms with Crippen LogP contribution in [-0.4, -0.2) is 27.3 Å². The van der Waals surface area contributed by atoms with Crippen molar-refractivity contribution in [2.45, 2.75) is 19.9 Å². The Morgan fingerprint density at radius 1 is 1.29 bits per heavy atom. The van der Waals surface area contributed by atoms with Crippen LogP contribution < -0.4 is 5.56 Å². The Bertz CT molecular complexity index is 1090. The van der Waals surface area contributed by atoms with E-state index in [-0.39, 0.29) is 23.8 Å². The number of fused-ring (bicyclic) bond motifs is 1. The Morgan fingerprint density at radius 2 is 2.11 bits per heavy atom. The zero-order valence-electron chi connectivity index (χ0n) is 15.3. The molecular formula is C21H19ClFN3O2. The summed E-state index contributed by atoms with van der Waals surface area (Å²) >= 11 is 5.99. The smallest absolute Gasteiger partial charge is 0.258 e. The van der Waals surface area contributed by atoms with E-state index in [0.29, 0.717) is 33.9 Å². The van der Waals surface area contributed by atoms with Crippen molar-refractivity contribution in [3.63, 3.8) is 0 Å². The molecular weight excluding hydrogens is 381 g/mol. The molecule has 7 heteroatoms. The van der Waals surface area contributed by atoms with Gasteiger partial charge in [-0.2, -0.15) is 0 Å². The molecule has 28 heavy (non-hydrogen) atoms. The lowest BCUT2D eigenvalue weighted by molar-refractivity contribution is -0.126. The topological polar surface area (TPSA) is 66.1 Å². The first-order valence-corrected chi connectivity index (χ1v) is 9.25. The Hall–Kier alpha value is -2.99. The predicted molar refractivity (Wildman–Crippen MR) is 109 cm³/mol. The minimum atomic E-state index is -0.364. The van der Waals surface area contributed by atoms with Crippen molar-refractivity contribution in [3.8, 4) is 0 Å². The molecule has 0 fully saturated rings. The third-order valence-corrected chi connectivity index (χ3v) is 4.37. The fourth-order valence-electron chi connectivity index (χ4n) is 2.84. The van der Waals surface area contributed by atoms with E-state index in [4.69, 9.17) is 11.6 Å². The first-order valence-electron chi connectivity index (χ1n) is 8.87. The summed E-state index contributed by atoms with van der Waals surface area (Å²) in [4.78, 5) is 33.6. The van der Waals surface area contributed by atoms with Crippen molar-refractivity contribution in [2.75, 3.05) is 6.54 Å². The summed E-state index contributed by atoms with van der Waals surface area (Å²) in [6, 6.07) is 10.8. The highest BCUT2D eigenvalue weighted by Crippen LogP contribution is 2.15. The molecule has 1 amide bonds. The summed E-state index contributed by atoms with van der Waals surface area (Å²) < 4.78 is 13.3. The summed E-state index contributed by atoms with van der Waals surface area (Å²) in [6.07, 6.45) is 3.69. The number of hydrogen-bond acceptors (Lipinski definition) is 3. The Balaban J connectivity index is 1.83. The van der Waals surface area contributed by atoms with Crippen LogP contribution in [0.25, 0.3) is 17.0 Å². The molecule has 3 aromatic rings. The number of nitrogens with zero attached hydrogens (tertiary/aromatic N) is 2. The molecule has 1 N–H and O–H groups in total. The van der Waals surface area contributed by atoms with Crippen LogP contribution in [0, 0.1) is 5.82 Å². The summed E-state index contributed by atoms with van der Waals surface area (Å²) in [7, 11) is 0. The molecule has 144 valence electrons. The van der Waals surface area contributed by atoms with Gasteiger partial charge in [0.1, 0.15) is 11.6 Å². The molecule has 1 aromatic heterocycles. The molecule has 0 saturated carbocycles. The maximum absolute atomic E-state index is 13.3. The number of hydrogen-bond donors (Lipinski definition) is 1. The molecule has 5 nitrogen and oxygen atoms in total. The van der Waals surface area contributed by atoms with Gasteiger partial charge >= 0.3 is 0 Å². The van der Waals surface area contributed by atoms with Gasteiger partial charge in [-0.15, -0.1) is 0 Å². The van der Waals surface area contributed by atoms with Crippen LogP contribution in [0.3, 0.4) is 0 Å². The SMILES string of the molecule is CCCN(Cc1nc2cc(Cl)ccc2c(=O)[nH]1)C(=O)C=Cc1cccc(F)c1. The maximum atomic E-state index is 13.3. The van der Waals surface area contributed by atoms with Gasteiger partial charge in [-0.1, -0.05) is 30.7 Å². The normalized spacial score (nSPS) is 11.2. The second-order valence-electron chi connectivity index (χ2n) is 6.32. The minimum Gasteiger partial charge on any atom is -0.332 e. The van der Waals surface area contributed by atoms with E-state index in [9.17, 15) is 14.0 Å². The average Bonchev–Trinajstić information content (AvgIpc) is 2.65. The lowest BCUT2D eigenvalue weighted by atomic mass is 10.2. The third kappa shape index (κ3) is 4.84. The number of aromatic amines is 1. The van der Waals surface area contributed by atoms with Crippen molar-refractivity contribution in [1.82, 2.24) is 14.9 Å². The molecule has 0 unspecified atom stereocenters. The first-order chi connectivity index (χ1) is 13.5. The summed E-state index contributed by atoms with van der Waals surface area (Å²) in [6.45, 7) is 2.59. The zero-order chi connectivity index (χ0) is 20.1. The van der Waals surface area contributed by atoms with Crippen LogP contribution in [0.4, 0.5) is 4.39 Å². The highest BCUT2D eigenvalue weighted by molar-refractivity contribution is 6.31. The van der Waals surface area contributed by atoms with E-state index in [1.807, 2.05) is 6.92 Å². The van der Waals surface area contributed by atoms with Gasteiger partial charge in [0.15, 0.2) is 0 Å². The van der Waals surface area contributed by atoms with Gasteiger partial charge in [0.2, 0.25) is 5.91 Å². The van der Waals surface area contributed by atoms with Crippen LogP contribution >= 0.6 is 11.6 Å². The predicted octanol–water partition coefficient (Wildman–Crippen LogP) is 4.17. The van der Waals surface area contributed by atoms with Crippen molar-refractivity contribution in [2.24, 2.45) is 0 Å². The second kappa shape index (κ2) is 8.80. The molecule has 2 aromatic carbocycles. The Kier molecular flexibility index (Phi) is 6.21. The van der Waals surface area contributed by atoms with Gasteiger partial charge in [0.05, 0.1) is 17.4 Å². The van der Waals surface area contributed by atoms with E-state index < -0.39 is 0 Å².